The Morgan fingerprint density at radius 1 is 1.08 bits per heavy atom. The van der Waals surface area contributed by atoms with E-state index in [0.29, 0.717) is 11.4 Å². The number of hydrogen-bond acceptors (Lipinski definition) is 6. The Morgan fingerprint density at radius 2 is 1.68 bits per heavy atom. The number of anilines is 1. The first-order chi connectivity index (χ1) is 11.6. The fraction of sp³-hybridized carbons (Fsp3) is 0.133. The minimum atomic E-state index is -5.75. The summed E-state index contributed by atoms with van der Waals surface area (Å²) in [5.41, 5.74) is 1.11. The lowest BCUT2D eigenvalue weighted by Crippen LogP contribution is -2.28. The lowest BCUT2D eigenvalue weighted by molar-refractivity contribution is -0.0500. The van der Waals surface area contributed by atoms with Gasteiger partial charge in [0.2, 0.25) is 0 Å². The largest absolute Gasteiger partial charge is 0.534 e. The molecule has 0 aliphatic heterocycles. The molecule has 0 saturated heterocycles. The van der Waals surface area contributed by atoms with E-state index >= 15 is 0 Å². The van der Waals surface area contributed by atoms with Crippen molar-refractivity contribution in [2.24, 2.45) is 4.99 Å². The molecule has 10 heteroatoms. The van der Waals surface area contributed by atoms with Crippen LogP contribution in [0.15, 0.2) is 47.5 Å². The van der Waals surface area contributed by atoms with Crippen molar-refractivity contribution < 1.29 is 30.5 Å². The molecule has 0 saturated carbocycles. The summed E-state index contributed by atoms with van der Waals surface area (Å²) >= 11 is 0. The highest BCUT2D eigenvalue weighted by Crippen LogP contribution is 2.28. The molecule has 0 aliphatic carbocycles. The van der Waals surface area contributed by atoms with Crippen molar-refractivity contribution in [1.82, 2.24) is 0 Å². The van der Waals surface area contributed by atoms with Gasteiger partial charge in [-0.1, -0.05) is 0 Å². The van der Waals surface area contributed by atoms with Gasteiger partial charge in [0.15, 0.2) is 0 Å². The lowest BCUT2D eigenvalue weighted by Gasteiger charge is -2.10. The average Bonchev–Trinajstić information content (AvgIpc) is 2.54. The van der Waals surface area contributed by atoms with E-state index in [0.717, 1.165) is 12.1 Å². The smallest absolute Gasteiger partial charge is 0.497 e. The number of nitrogens with two attached hydrogens (primary N) is 1. The van der Waals surface area contributed by atoms with Crippen LogP contribution in [0.1, 0.15) is 5.56 Å². The van der Waals surface area contributed by atoms with E-state index in [4.69, 9.17) is 10.5 Å². The molecule has 25 heavy (non-hydrogen) atoms. The van der Waals surface area contributed by atoms with Gasteiger partial charge < -0.3 is 14.7 Å². The second-order valence-corrected chi connectivity index (χ2v) is 6.27. The molecule has 2 rings (SSSR count). The van der Waals surface area contributed by atoms with E-state index in [2.05, 4.69) is 9.18 Å². The molecular weight excluding hydrogens is 361 g/mol. The van der Waals surface area contributed by atoms with Crippen LogP contribution < -0.4 is 14.7 Å². The van der Waals surface area contributed by atoms with E-state index in [1.807, 2.05) is 0 Å². The molecule has 0 spiro atoms. The molecule has 0 aromatic heterocycles. The van der Waals surface area contributed by atoms with Crippen LogP contribution in [0.3, 0.4) is 0 Å². The Bertz CT molecular complexity index is 879. The summed E-state index contributed by atoms with van der Waals surface area (Å²) in [6, 6.07) is 9.93. The molecule has 0 amide bonds. The molecule has 0 radical (unpaired) electrons. The van der Waals surface area contributed by atoms with Crippen LogP contribution in [0.5, 0.6) is 11.5 Å². The van der Waals surface area contributed by atoms with Crippen LogP contribution in [-0.4, -0.2) is 27.3 Å². The third-order valence-electron chi connectivity index (χ3n) is 2.97. The van der Waals surface area contributed by atoms with E-state index in [1.54, 1.807) is 24.3 Å². The van der Waals surface area contributed by atoms with Crippen LogP contribution in [0.25, 0.3) is 0 Å². The third kappa shape index (κ3) is 4.63. The highest BCUT2D eigenvalue weighted by Gasteiger charge is 2.48. The number of alkyl halides is 3. The standard InChI is InChI=1S/C15H13F3N2O4S/c1-23-12-4-2-11(3-5-12)20-9-10-8-13(6-7-14(10)19)24-25(21,22)15(16,17)18/h2-9H,19H2,1H3. The first kappa shape index (κ1) is 18.6. The number of benzene rings is 2. The zero-order chi connectivity index (χ0) is 18.7. The molecule has 0 heterocycles. The Balaban J connectivity index is 2.25. The van der Waals surface area contributed by atoms with Gasteiger partial charge in [0.1, 0.15) is 11.5 Å². The van der Waals surface area contributed by atoms with Crippen LogP contribution >= 0.6 is 0 Å². The predicted octanol–water partition coefficient (Wildman–Crippen LogP) is 3.26. The van der Waals surface area contributed by atoms with E-state index in [-0.39, 0.29) is 11.3 Å². The Kier molecular flexibility index (Phi) is 5.21. The zero-order valence-electron chi connectivity index (χ0n) is 12.8. The number of ether oxygens (including phenoxy) is 1. The normalized spacial score (nSPS) is 12.3. The molecular formula is C15H13F3N2O4S. The van der Waals surface area contributed by atoms with E-state index in [1.165, 1.54) is 19.4 Å². The van der Waals surface area contributed by atoms with Crippen molar-refractivity contribution in [1.29, 1.82) is 0 Å². The van der Waals surface area contributed by atoms with Crippen molar-refractivity contribution in [3.63, 3.8) is 0 Å². The fourth-order valence-electron chi connectivity index (χ4n) is 1.70. The first-order valence-electron chi connectivity index (χ1n) is 6.71. The molecule has 0 fully saturated rings. The molecule has 0 bridgehead atoms. The Hall–Kier alpha value is -2.75. The molecule has 134 valence electrons. The molecule has 2 N–H and O–H groups in total. The van der Waals surface area contributed by atoms with Crippen molar-refractivity contribution >= 4 is 27.7 Å². The van der Waals surface area contributed by atoms with Gasteiger partial charge in [0.05, 0.1) is 12.8 Å². The maximum Gasteiger partial charge on any atom is 0.534 e. The Labute approximate surface area is 141 Å². The van der Waals surface area contributed by atoms with Gasteiger partial charge in [0, 0.05) is 17.5 Å². The van der Waals surface area contributed by atoms with Crippen molar-refractivity contribution in [2.45, 2.75) is 5.51 Å². The minimum absolute atomic E-state index is 0.189. The van der Waals surface area contributed by atoms with Crippen molar-refractivity contribution in [3.05, 3.63) is 48.0 Å². The van der Waals surface area contributed by atoms with Gasteiger partial charge in [-0.25, -0.2) is 0 Å². The maximum absolute atomic E-state index is 12.4. The summed E-state index contributed by atoms with van der Waals surface area (Å²) in [4.78, 5) is 4.11. The van der Waals surface area contributed by atoms with Crippen molar-refractivity contribution in [3.8, 4) is 11.5 Å². The quantitative estimate of drug-likeness (QED) is 0.375. The number of halogens is 3. The summed E-state index contributed by atoms with van der Waals surface area (Å²) in [5.74, 6) is 0.105. The maximum atomic E-state index is 12.4. The third-order valence-corrected chi connectivity index (χ3v) is 3.95. The van der Waals surface area contributed by atoms with Crippen LogP contribution in [0.2, 0.25) is 0 Å². The van der Waals surface area contributed by atoms with Gasteiger partial charge >= 0.3 is 15.6 Å². The monoisotopic (exact) mass is 374 g/mol. The number of methoxy groups -OCH3 is 1. The van der Waals surface area contributed by atoms with E-state index < -0.39 is 21.4 Å². The van der Waals surface area contributed by atoms with Crippen molar-refractivity contribution in [2.75, 3.05) is 12.8 Å². The van der Waals surface area contributed by atoms with E-state index in [9.17, 15) is 21.6 Å². The van der Waals surface area contributed by atoms with Gasteiger partial charge in [-0.05, 0) is 42.5 Å². The zero-order valence-corrected chi connectivity index (χ0v) is 13.6. The highest BCUT2D eigenvalue weighted by atomic mass is 32.2. The second-order valence-electron chi connectivity index (χ2n) is 4.73. The highest BCUT2D eigenvalue weighted by molar-refractivity contribution is 7.88. The second kappa shape index (κ2) is 7.01. The average molecular weight is 374 g/mol. The molecule has 6 nitrogen and oxygen atoms in total. The molecule has 2 aromatic rings. The van der Waals surface area contributed by atoms with Gasteiger partial charge in [0.25, 0.3) is 0 Å². The summed E-state index contributed by atoms with van der Waals surface area (Å²) in [6.45, 7) is 0. The summed E-state index contributed by atoms with van der Waals surface area (Å²) in [5, 5.41) is 0. The summed E-state index contributed by atoms with van der Waals surface area (Å²) in [6.07, 6.45) is 1.28. The van der Waals surface area contributed by atoms with Crippen LogP contribution in [0.4, 0.5) is 24.5 Å². The summed E-state index contributed by atoms with van der Waals surface area (Å²) < 4.78 is 68.2. The summed E-state index contributed by atoms with van der Waals surface area (Å²) in [7, 11) is -4.24. The molecule has 0 unspecified atom stereocenters. The number of hydrogen-bond donors (Lipinski definition) is 1. The number of nitrogens with zero attached hydrogens (tertiary/aromatic N) is 1. The van der Waals surface area contributed by atoms with Gasteiger partial charge in [-0.3, -0.25) is 4.99 Å². The Morgan fingerprint density at radius 3 is 2.24 bits per heavy atom. The molecule has 2 aromatic carbocycles. The fourth-order valence-corrected chi connectivity index (χ4v) is 2.15. The lowest BCUT2D eigenvalue weighted by atomic mass is 10.2. The number of nitrogen functional groups attached to an aromatic ring is 1. The minimum Gasteiger partial charge on any atom is -0.497 e. The first-order valence-corrected chi connectivity index (χ1v) is 8.11. The molecule has 0 atom stereocenters. The SMILES string of the molecule is COc1ccc(N=Cc2cc(OS(=O)(=O)C(F)(F)F)ccc2N)cc1. The van der Waals surface area contributed by atoms with Crippen LogP contribution in [0, 0.1) is 0 Å². The molecule has 0 aliphatic rings. The number of rotatable bonds is 5. The van der Waals surface area contributed by atoms with Gasteiger partial charge in [-0.15, -0.1) is 0 Å². The van der Waals surface area contributed by atoms with Crippen LogP contribution in [-0.2, 0) is 10.1 Å². The predicted molar refractivity (Wildman–Crippen MR) is 86.7 cm³/mol. The van der Waals surface area contributed by atoms with Gasteiger partial charge in [-0.2, -0.15) is 21.6 Å². The number of aliphatic imine (C=N–C) groups is 1. The topological polar surface area (TPSA) is 91.0 Å².